The number of hydrogen-bond acceptors (Lipinski definition) is 5. The molecule has 2 unspecified atom stereocenters. The van der Waals surface area contributed by atoms with Crippen LogP contribution in [0.1, 0.15) is 42.9 Å². The van der Waals surface area contributed by atoms with Crippen molar-refractivity contribution in [1.82, 2.24) is 19.8 Å². The highest BCUT2D eigenvalue weighted by molar-refractivity contribution is 5.82. The van der Waals surface area contributed by atoms with Crippen molar-refractivity contribution in [2.45, 2.75) is 50.6 Å². The van der Waals surface area contributed by atoms with Crippen molar-refractivity contribution in [3.05, 3.63) is 84.2 Å². The molecule has 0 bridgehead atoms. The zero-order valence-electron chi connectivity index (χ0n) is 23.1. The lowest BCUT2D eigenvalue weighted by Crippen LogP contribution is -2.42. The van der Waals surface area contributed by atoms with Crippen LogP contribution in [0, 0.1) is 0 Å². The summed E-state index contributed by atoms with van der Waals surface area (Å²) in [5.41, 5.74) is 17.7. The van der Waals surface area contributed by atoms with Gasteiger partial charge in [-0.05, 0) is 60.0 Å². The molecule has 1 fully saturated rings. The smallest absolute Gasteiger partial charge is 0.224 e. The summed E-state index contributed by atoms with van der Waals surface area (Å²) in [5.74, 6) is 0.852. The molecule has 8 nitrogen and oxygen atoms in total. The quantitative estimate of drug-likeness (QED) is 0.297. The van der Waals surface area contributed by atoms with Crippen molar-refractivity contribution in [2.75, 3.05) is 25.9 Å². The number of para-hydroxylation sites is 1. The van der Waals surface area contributed by atoms with Crippen LogP contribution in [0.3, 0.4) is 0 Å². The lowest BCUT2D eigenvalue weighted by atomic mass is 9.93. The normalized spacial score (nSPS) is 16.1. The zero-order chi connectivity index (χ0) is 28.1. The van der Waals surface area contributed by atoms with E-state index in [9.17, 15) is 9.59 Å². The minimum Gasteiger partial charge on any atom is -0.384 e. The molecule has 2 aromatic carbocycles. The number of likely N-dealkylation sites (tertiary alicyclic amines) is 1. The first kappa shape index (κ1) is 27.4. The van der Waals surface area contributed by atoms with Gasteiger partial charge in [-0.2, -0.15) is 0 Å². The van der Waals surface area contributed by atoms with E-state index >= 15 is 0 Å². The van der Waals surface area contributed by atoms with E-state index in [1.165, 1.54) is 11.1 Å². The highest BCUT2D eigenvalue weighted by atomic mass is 16.2. The molecule has 2 amide bonds. The number of aryl methyl sites for hydroxylation is 1. The number of rotatable bonds is 9. The third kappa shape index (κ3) is 6.34. The Kier molecular flexibility index (Phi) is 8.45. The number of carbonyl (C=O) groups excluding carboxylic acids is 2. The van der Waals surface area contributed by atoms with Crippen molar-refractivity contribution >= 4 is 28.5 Å². The highest BCUT2D eigenvalue weighted by Gasteiger charge is 2.28. The number of aromatic nitrogens is 2. The third-order valence-electron chi connectivity index (χ3n) is 7.88. The summed E-state index contributed by atoms with van der Waals surface area (Å²) in [4.78, 5) is 31.5. The van der Waals surface area contributed by atoms with Crippen molar-refractivity contribution in [3.63, 3.8) is 0 Å². The summed E-state index contributed by atoms with van der Waals surface area (Å²) < 4.78 is 2.26. The molecule has 8 heteroatoms. The first-order valence-corrected chi connectivity index (χ1v) is 14.0. The molecule has 0 aliphatic carbocycles. The van der Waals surface area contributed by atoms with E-state index in [1.807, 2.05) is 23.1 Å². The monoisotopic (exact) mass is 538 g/mol. The topological polar surface area (TPSA) is 119 Å². The summed E-state index contributed by atoms with van der Waals surface area (Å²) in [6, 6.07) is 22.2. The number of carbonyl (C=O) groups is 2. The average Bonchev–Trinajstić information content (AvgIpc) is 3.35. The van der Waals surface area contributed by atoms with Crippen LogP contribution in [0.15, 0.2) is 72.9 Å². The van der Waals surface area contributed by atoms with Crippen molar-refractivity contribution < 1.29 is 9.59 Å². The van der Waals surface area contributed by atoms with Crippen molar-refractivity contribution in [2.24, 2.45) is 5.73 Å². The lowest BCUT2D eigenvalue weighted by Gasteiger charge is -2.34. The van der Waals surface area contributed by atoms with E-state index in [1.54, 1.807) is 19.3 Å². The molecule has 0 saturated carbocycles. The molecular weight excluding hydrogens is 500 g/mol. The molecule has 40 heavy (non-hydrogen) atoms. The fourth-order valence-corrected chi connectivity index (χ4v) is 5.74. The maximum absolute atomic E-state index is 13.3. The number of amides is 2. The van der Waals surface area contributed by atoms with Crippen molar-refractivity contribution in [3.8, 4) is 11.1 Å². The largest absolute Gasteiger partial charge is 0.384 e. The Morgan fingerprint density at radius 3 is 2.60 bits per heavy atom. The molecule has 5 N–H and O–H groups in total. The Morgan fingerprint density at radius 2 is 1.85 bits per heavy atom. The molecule has 5 rings (SSSR count). The molecule has 3 heterocycles. The van der Waals surface area contributed by atoms with Crippen molar-refractivity contribution in [1.29, 1.82) is 0 Å². The van der Waals surface area contributed by atoms with Crippen LogP contribution in [0.4, 0.5) is 5.82 Å². The van der Waals surface area contributed by atoms with Gasteiger partial charge in [-0.3, -0.25) is 9.59 Å². The summed E-state index contributed by atoms with van der Waals surface area (Å²) in [7, 11) is 1.67. The first-order valence-electron chi connectivity index (χ1n) is 14.0. The standard InChI is InChI=1S/C32H38N6O2/c1-35-31(39)14-16-38-28-7-3-2-5-24(28)18-29(38)26-6-4-15-37(21-26)32(40)19-27(33)17-22-8-10-23(11-9-22)25-12-13-30(34)36-20-25/h2-3,5,7-13,18,20,26-27H,4,6,14-17,19,21,33H2,1H3,(H2,34,36)(H,35,39). The van der Waals surface area contributed by atoms with E-state index in [0.29, 0.717) is 38.2 Å². The third-order valence-corrected chi connectivity index (χ3v) is 7.88. The Hall–Kier alpha value is -4.17. The van der Waals surface area contributed by atoms with E-state index in [0.717, 1.165) is 41.6 Å². The lowest BCUT2D eigenvalue weighted by molar-refractivity contribution is -0.132. The van der Waals surface area contributed by atoms with Gasteiger partial charge in [-0.25, -0.2) is 4.98 Å². The van der Waals surface area contributed by atoms with Crippen LogP contribution in [-0.2, 0) is 22.6 Å². The van der Waals surface area contributed by atoms with Gasteiger partial charge in [-0.15, -0.1) is 0 Å². The fourth-order valence-electron chi connectivity index (χ4n) is 5.74. The minimum absolute atomic E-state index is 0.0232. The van der Waals surface area contributed by atoms with Gasteiger partial charge in [-0.1, -0.05) is 42.5 Å². The number of pyridine rings is 1. The van der Waals surface area contributed by atoms with Gasteiger partial charge in [0, 0.05) is 74.5 Å². The van der Waals surface area contributed by atoms with Crippen LogP contribution in [0.5, 0.6) is 0 Å². The maximum Gasteiger partial charge on any atom is 0.224 e. The predicted octanol–water partition coefficient (Wildman–Crippen LogP) is 4.09. The molecule has 1 saturated heterocycles. The summed E-state index contributed by atoms with van der Waals surface area (Å²) in [6.45, 7) is 2.04. The molecule has 2 atom stereocenters. The second-order valence-corrected chi connectivity index (χ2v) is 10.7. The highest BCUT2D eigenvalue weighted by Crippen LogP contribution is 2.32. The van der Waals surface area contributed by atoms with Gasteiger partial charge in [0.25, 0.3) is 0 Å². The number of hydrogen-bond donors (Lipinski definition) is 3. The minimum atomic E-state index is -0.254. The number of benzene rings is 2. The second-order valence-electron chi connectivity index (χ2n) is 10.7. The van der Waals surface area contributed by atoms with Gasteiger partial charge >= 0.3 is 0 Å². The molecular formula is C32H38N6O2. The number of fused-ring (bicyclic) bond motifs is 1. The zero-order valence-corrected chi connectivity index (χ0v) is 23.1. The Balaban J connectivity index is 1.22. The van der Waals surface area contributed by atoms with E-state index in [-0.39, 0.29) is 23.8 Å². The Labute approximate surface area is 235 Å². The molecule has 0 radical (unpaired) electrons. The molecule has 4 aromatic rings. The Morgan fingerprint density at radius 1 is 1.07 bits per heavy atom. The number of piperidine rings is 1. The first-order chi connectivity index (χ1) is 19.4. The molecule has 1 aliphatic rings. The number of nitrogens with one attached hydrogen (secondary N) is 1. The van der Waals surface area contributed by atoms with Crippen LogP contribution in [0.2, 0.25) is 0 Å². The van der Waals surface area contributed by atoms with E-state index < -0.39 is 0 Å². The van der Waals surface area contributed by atoms with Gasteiger partial charge in [0.1, 0.15) is 5.82 Å². The number of nitrogen functional groups attached to an aromatic ring is 1. The number of anilines is 1. The summed E-state index contributed by atoms with van der Waals surface area (Å²) in [6.07, 6.45) is 5.10. The van der Waals surface area contributed by atoms with Crippen LogP contribution >= 0.6 is 0 Å². The second kappa shape index (κ2) is 12.3. The molecule has 208 valence electrons. The molecule has 0 spiro atoms. The van der Waals surface area contributed by atoms with E-state index in [2.05, 4.69) is 57.3 Å². The van der Waals surface area contributed by atoms with E-state index in [4.69, 9.17) is 11.5 Å². The number of nitrogens with two attached hydrogens (primary N) is 2. The van der Waals surface area contributed by atoms with Crippen LogP contribution in [0.25, 0.3) is 22.0 Å². The number of nitrogens with zero attached hydrogens (tertiary/aromatic N) is 3. The van der Waals surface area contributed by atoms with Crippen LogP contribution in [-0.4, -0.2) is 52.4 Å². The molecule has 2 aromatic heterocycles. The van der Waals surface area contributed by atoms with Gasteiger partial charge in [0.15, 0.2) is 0 Å². The summed E-state index contributed by atoms with van der Waals surface area (Å²) >= 11 is 0. The van der Waals surface area contributed by atoms with Gasteiger partial charge in [0.2, 0.25) is 11.8 Å². The van der Waals surface area contributed by atoms with Gasteiger partial charge in [0.05, 0.1) is 0 Å². The SMILES string of the molecule is CNC(=O)CCn1c(C2CCCN(C(=O)CC(N)Cc3ccc(-c4ccc(N)nc4)cc3)C2)cc2ccccc21. The molecule has 1 aliphatic heterocycles. The average molecular weight is 539 g/mol. The fraction of sp³-hybridized carbons (Fsp3) is 0.344. The summed E-state index contributed by atoms with van der Waals surface area (Å²) in [5, 5.41) is 3.89. The maximum atomic E-state index is 13.3. The Bertz CT molecular complexity index is 1460. The van der Waals surface area contributed by atoms with Gasteiger partial charge < -0.3 is 26.3 Å². The predicted molar refractivity (Wildman–Crippen MR) is 160 cm³/mol. The van der Waals surface area contributed by atoms with Crippen LogP contribution < -0.4 is 16.8 Å².